The summed E-state index contributed by atoms with van der Waals surface area (Å²) in [5.41, 5.74) is 0.261. The molecule has 1 N–H and O–H groups in total. The highest BCUT2D eigenvalue weighted by atomic mass is 32.2. The van der Waals surface area contributed by atoms with Crippen LogP contribution >= 0.6 is 0 Å². The molecular formula is C12H25NO2S. The summed E-state index contributed by atoms with van der Waals surface area (Å²) in [6.07, 6.45) is 1.80. The van der Waals surface area contributed by atoms with Gasteiger partial charge in [0.05, 0.1) is 11.5 Å². The molecule has 0 aromatic heterocycles. The molecule has 0 aliphatic carbocycles. The van der Waals surface area contributed by atoms with Crippen molar-refractivity contribution in [1.82, 2.24) is 5.32 Å². The Bertz CT molecular complexity index is 339. The maximum atomic E-state index is 11.4. The molecule has 1 aliphatic heterocycles. The van der Waals surface area contributed by atoms with Gasteiger partial charge in [-0.05, 0) is 32.1 Å². The van der Waals surface area contributed by atoms with E-state index >= 15 is 0 Å². The van der Waals surface area contributed by atoms with E-state index < -0.39 is 9.84 Å². The first kappa shape index (κ1) is 14.0. The largest absolute Gasteiger partial charge is 0.308 e. The van der Waals surface area contributed by atoms with Crippen molar-refractivity contribution in [2.24, 2.45) is 5.41 Å². The number of nitrogens with one attached hydrogen (secondary N) is 1. The smallest absolute Gasteiger partial charge is 0.151 e. The molecule has 16 heavy (non-hydrogen) atoms. The van der Waals surface area contributed by atoms with Crippen LogP contribution in [0, 0.1) is 5.41 Å². The molecule has 1 rings (SSSR count). The van der Waals surface area contributed by atoms with Crippen molar-refractivity contribution >= 4 is 9.84 Å². The van der Waals surface area contributed by atoms with Crippen LogP contribution in [-0.2, 0) is 9.84 Å². The fourth-order valence-electron chi connectivity index (χ4n) is 2.84. The third kappa shape index (κ3) is 4.83. The quantitative estimate of drug-likeness (QED) is 0.829. The lowest BCUT2D eigenvalue weighted by atomic mass is 9.81. The molecule has 1 atom stereocenters. The molecule has 0 radical (unpaired) electrons. The van der Waals surface area contributed by atoms with Crippen LogP contribution in [-0.4, -0.2) is 31.5 Å². The molecule has 3 nitrogen and oxygen atoms in total. The lowest BCUT2D eigenvalue weighted by Crippen LogP contribution is -2.48. The van der Waals surface area contributed by atoms with Gasteiger partial charge in [-0.1, -0.05) is 20.8 Å². The Morgan fingerprint density at radius 1 is 1.19 bits per heavy atom. The van der Waals surface area contributed by atoms with Crippen molar-refractivity contribution in [2.75, 3.05) is 11.5 Å². The Morgan fingerprint density at radius 3 is 2.12 bits per heavy atom. The van der Waals surface area contributed by atoms with Crippen molar-refractivity contribution in [3.05, 3.63) is 0 Å². The molecule has 0 bridgehead atoms. The lowest BCUT2D eigenvalue weighted by molar-refractivity contribution is 0.227. The number of sulfone groups is 1. The van der Waals surface area contributed by atoms with Gasteiger partial charge in [0.15, 0.2) is 9.84 Å². The van der Waals surface area contributed by atoms with Gasteiger partial charge in [-0.25, -0.2) is 8.42 Å². The first-order valence-electron chi connectivity index (χ1n) is 5.97. The van der Waals surface area contributed by atoms with Gasteiger partial charge in [-0.2, -0.15) is 0 Å². The molecule has 1 unspecified atom stereocenters. The van der Waals surface area contributed by atoms with Crippen LogP contribution in [0.5, 0.6) is 0 Å². The third-order valence-electron chi connectivity index (χ3n) is 2.80. The van der Waals surface area contributed by atoms with Crippen molar-refractivity contribution in [2.45, 2.75) is 59.0 Å². The van der Waals surface area contributed by atoms with E-state index in [9.17, 15) is 8.42 Å². The predicted octanol–water partition coefficient (Wildman–Crippen LogP) is 1.98. The van der Waals surface area contributed by atoms with E-state index in [1.165, 1.54) is 0 Å². The molecule has 1 fully saturated rings. The molecule has 1 heterocycles. The number of hydrogen-bond donors (Lipinski definition) is 1. The highest BCUT2D eigenvalue weighted by Gasteiger charge is 2.33. The van der Waals surface area contributed by atoms with Crippen molar-refractivity contribution in [3.8, 4) is 0 Å². The third-order valence-corrected chi connectivity index (χ3v) is 4.57. The van der Waals surface area contributed by atoms with E-state index in [0.717, 1.165) is 12.8 Å². The zero-order valence-electron chi connectivity index (χ0n) is 11.1. The van der Waals surface area contributed by atoms with Gasteiger partial charge >= 0.3 is 0 Å². The molecule has 0 aromatic carbocycles. The molecule has 4 heteroatoms. The summed E-state index contributed by atoms with van der Waals surface area (Å²) in [5, 5.41) is 3.49. The van der Waals surface area contributed by atoms with Crippen molar-refractivity contribution in [1.29, 1.82) is 0 Å². The summed E-state index contributed by atoms with van der Waals surface area (Å²) in [6, 6.07) is 0.141. The number of rotatable bonds is 3. The van der Waals surface area contributed by atoms with Crippen LogP contribution in [0.25, 0.3) is 0 Å². The fourth-order valence-corrected chi connectivity index (χ4v) is 4.51. The standard InChI is InChI=1S/C12H25NO2S/c1-11(2,3)9-12(4,5)13-10-6-7-16(14,15)8-10/h10,13H,6-9H2,1-5H3. The van der Waals surface area contributed by atoms with Crippen LogP contribution < -0.4 is 5.32 Å². The van der Waals surface area contributed by atoms with Gasteiger partial charge in [0, 0.05) is 11.6 Å². The first-order chi connectivity index (χ1) is 6.99. The molecule has 0 amide bonds. The van der Waals surface area contributed by atoms with E-state index in [4.69, 9.17) is 0 Å². The minimum absolute atomic E-state index is 0.00275. The molecule has 0 aromatic rings. The summed E-state index contributed by atoms with van der Waals surface area (Å²) in [6.45, 7) is 10.9. The second-order valence-electron chi connectivity index (χ2n) is 6.87. The van der Waals surface area contributed by atoms with E-state index in [2.05, 4.69) is 39.9 Å². The molecule has 0 spiro atoms. The average molecular weight is 247 g/mol. The maximum Gasteiger partial charge on any atom is 0.151 e. The van der Waals surface area contributed by atoms with Gasteiger partial charge in [-0.3, -0.25) is 0 Å². The summed E-state index contributed by atoms with van der Waals surface area (Å²) in [5.74, 6) is 0.650. The van der Waals surface area contributed by atoms with Crippen LogP contribution in [0.3, 0.4) is 0 Å². The maximum absolute atomic E-state index is 11.4. The van der Waals surface area contributed by atoms with Crippen LogP contribution in [0.4, 0.5) is 0 Å². The monoisotopic (exact) mass is 247 g/mol. The fraction of sp³-hybridized carbons (Fsp3) is 1.00. The minimum Gasteiger partial charge on any atom is -0.308 e. The van der Waals surface area contributed by atoms with E-state index in [1.54, 1.807) is 0 Å². The Labute approximate surface area is 99.9 Å². The molecule has 1 saturated heterocycles. The van der Waals surface area contributed by atoms with Gasteiger partial charge in [0.2, 0.25) is 0 Å². The normalized spacial score (nSPS) is 25.9. The highest BCUT2D eigenvalue weighted by Crippen LogP contribution is 2.28. The Hall–Kier alpha value is -0.0900. The molecule has 0 saturated carbocycles. The molecular weight excluding hydrogens is 222 g/mol. The van der Waals surface area contributed by atoms with Crippen LogP contribution in [0.1, 0.15) is 47.5 Å². The van der Waals surface area contributed by atoms with Gasteiger partial charge in [0.1, 0.15) is 0 Å². The topological polar surface area (TPSA) is 46.2 Å². The summed E-state index contributed by atoms with van der Waals surface area (Å²) in [7, 11) is -2.77. The summed E-state index contributed by atoms with van der Waals surface area (Å²) >= 11 is 0. The SMILES string of the molecule is CC(C)(C)CC(C)(C)NC1CCS(=O)(=O)C1. The Kier molecular flexibility index (Phi) is 3.75. The van der Waals surface area contributed by atoms with E-state index in [-0.39, 0.29) is 17.0 Å². The Morgan fingerprint density at radius 2 is 1.75 bits per heavy atom. The Balaban J connectivity index is 2.54. The highest BCUT2D eigenvalue weighted by molar-refractivity contribution is 7.91. The lowest BCUT2D eigenvalue weighted by Gasteiger charge is -2.35. The van der Waals surface area contributed by atoms with E-state index in [0.29, 0.717) is 11.5 Å². The zero-order chi connectivity index (χ0) is 12.6. The van der Waals surface area contributed by atoms with Crippen LogP contribution in [0.2, 0.25) is 0 Å². The average Bonchev–Trinajstić information content (AvgIpc) is 2.22. The number of hydrogen-bond acceptors (Lipinski definition) is 3. The minimum atomic E-state index is -2.77. The van der Waals surface area contributed by atoms with Crippen molar-refractivity contribution < 1.29 is 8.42 Å². The summed E-state index contributed by atoms with van der Waals surface area (Å²) in [4.78, 5) is 0. The van der Waals surface area contributed by atoms with Gasteiger partial charge in [0.25, 0.3) is 0 Å². The zero-order valence-corrected chi connectivity index (χ0v) is 11.9. The van der Waals surface area contributed by atoms with Gasteiger partial charge < -0.3 is 5.32 Å². The van der Waals surface area contributed by atoms with Crippen LogP contribution in [0.15, 0.2) is 0 Å². The first-order valence-corrected chi connectivity index (χ1v) is 7.79. The second-order valence-corrected chi connectivity index (χ2v) is 9.09. The predicted molar refractivity (Wildman–Crippen MR) is 68.3 cm³/mol. The van der Waals surface area contributed by atoms with Gasteiger partial charge in [-0.15, -0.1) is 0 Å². The van der Waals surface area contributed by atoms with E-state index in [1.807, 2.05) is 0 Å². The molecule has 96 valence electrons. The van der Waals surface area contributed by atoms with Crippen molar-refractivity contribution in [3.63, 3.8) is 0 Å². The second kappa shape index (κ2) is 4.30. The molecule has 1 aliphatic rings. The summed E-state index contributed by atoms with van der Waals surface area (Å²) < 4.78 is 22.7.